The number of likely N-dealkylation sites (tertiary alicyclic amines) is 1. The van der Waals surface area contributed by atoms with E-state index in [9.17, 15) is 23.6 Å². The summed E-state index contributed by atoms with van der Waals surface area (Å²) in [6, 6.07) is 6.25. The zero-order valence-electron chi connectivity index (χ0n) is 23.5. The monoisotopic (exact) mass is 611 g/mol. The molecule has 1 amide bonds. The van der Waals surface area contributed by atoms with E-state index in [1.54, 1.807) is 4.90 Å². The summed E-state index contributed by atoms with van der Waals surface area (Å²) in [6.07, 6.45) is -0.731. The predicted octanol–water partition coefficient (Wildman–Crippen LogP) is 5.13. The fourth-order valence-electron chi connectivity index (χ4n) is 6.47. The van der Waals surface area contributed by atoms with Crippen LogP contribution in [0.4, 0.5) is 18.9 Å². The molecule has 3 aliphatic rings. The number of halogens is 4. The predicted molar refractivity (Wildman–Crippen MR) is 157 cm³/mol. The van der Waals surface area contributed by atoms with Crippen LogP contribution in [0, 0.1) is 17.1 Å². The summed E-state index contributed by atoms with van der Waals surface area (Å²) in [5.74, 6) is -1.11. The van der Waals surface area contributed by atoms with Crippen LogP contribution in [0.2, 0.25) is 5.02 Å². The van der Waals surface area contributed by atoms with E-state index in [-0.39, 0.29) is 46.0 Å². The zero-order chi connectivity index (χ0) is 30.6. The lowest BCUT2D eigenvalue weighted by Crippen LogP contribution is -2.54. The van der Waals surface area contributed by atoms with Crippen LogP contribution in [0.5, 0.6) is 5.75 Å². The summed E-state index contributed by atoms with van der Waals surface area (Å²) in [5, 5.41) is 10.7. The molecule has 2 aromatic carbocycles. The van der Waals surface area contributed by atoms with Crippen molar-refractivity contribution in [1.29, 1.82) is 5.26 Å². The second kappa shape index (κ2) is 11.2. The molecule has 1 aromatic heterocycles. The number of alkyl halides is 2. The molecule has 2 atom stereocenters. The van der Waals surface area contributed by atoms with Gasteiger partial charge in [0.2, 0.25) is 5.91 Å². The minimum absolute atomic E-state index is 0.00721. The Hall–Kier alpha value is -4.01. The summed E-state index contributed by atoms with van der Waals surface area (Å²) in [4.78, 5) is 32.2. The van der Waals surface area contributed by atoms with Gasteiger partial charge >= 0.3 is 0 Å². The number of carbonyl (C=O) groups excluding carboxylic acids is 1. The van der Waals surface area contributed by atoms with Crippen LogP contribution in [0.3, 0.4) is 0 Å². The van der Waals surface area contributed by atoms with Crippen molar-refractivity contribution in [2.75, 3.05) is 50.8 Å². The lowest BCUT2D eigenvalue weighted by Gasteiger charge is -2.42. The quantitative estimate of drug-likeness (QED) is 0.360. The lowest BCUT2D eigenvalue weighted by atomic mass is 9.94. The molecule has 6 rings (SSSR count). The Labute approximate surface area is 251 Å². The molecule has 12 heteroatoms. The number of pyridine rings is 1. The van der Waals surface area contributed by atoms with Gasteiger partial charge in [0, 0.05) is 54.3 Å². The van der Waals surface area contributed by atoms with E-state index in [2.05, 4.69) is 17.5 Å². The molecule has 3 aromatic rings. The Morgan fingerprint density at radius 1 is 1.26 bits per heavy atom. The Morgan fingerprint density at radius 2 is 2.02 bits per heavy atom. The molecule has 0 aliphatic carbocycles. The van der Waals surface area contributed by atoms with Crippen LogP contribution in [-0.2, 0) is 4.79 Å². The number of nitriles is 1. The number of hydrogen-bond acceptors (Lipinski definition) is 6. The molecule has 1 unspecified atom stereocenters. The topological polar surface area (TPSA) is 81.8 Å². The number of benzene rings is 2. The average molecular weight is 612 g/mol. The number of ether oxygens (including phenoxy) is 1. The summed E-state index contributed by atoms with van der Waals surface area (Å²) >= 11 is 6.81. The van der Waals surface area contributed by atoms with Crippen molar-refractivity contribution in [1.82, 2.24) is 14.4 Å². The maximum Gasteiger partial charge on any atom is 0.271 e. The highest BCUT2D eigenvalue weighted by molar-refractivity contribution is 6.35. The number of carbonyl (C=O) groups is 1. The van der Waals surface area contributed by atoms with E-state index in [1.165, 1.54) is 22.8 Å². The van der Waals surface area contributed by atoms with E-state index in [0.29, 0.717) is 37.3 Å². The standard InChI is InChI=1S/C31H29ClF3N5O3/c1-3-24(41)38-10-11-39(17(2)14-38)27-20-12-22(32)26(25-19(30(34)35)6-4-7-23(25)33)29-28(20)40(31(42)21(27)13-36)18(16-43-29)15-37-8-5-9-37/h3-4,6-7,12,17-18,30H,1,5,8-11,14-16H2,2H3/t17-,18?/m0/s1. The van der Waals surface area contributed by atoms with Gasteiger partial charge in [-0.2, -0.15) is 5.26 Å². The fourth-order valence-corrected chi connectivity index (χ4v) is 6.76. The van der Waals surface area contributed by atoms with Gasteiger partial charge in [-0.15, -0.1) is 0 Å². The third-order valence-corrected chi connectivity index (χ3v) is 8.92. The van der Waals surface area contributed by atoms with Crippen molar-refractivity contribution in [3.05, 3.63) is 69.2 Å². The third kappa shape index (κ3) is 4.73. The minimum Gasteiger partial charge on any atom is -0.488 e. The molecule has 0 N–H and O–H groups in total. The lowest BCUT2D eigenvalue weighted by molar-refractivity contribution is -0.126. The first kappa shape index (κ1) is 29.1. The van der Waals surface area contributed by atoms with Crippen LogP contribution < -0.4 is 15.2 Å². The summed E-state index contributed by atoms with van der Waals surface area (Å²) in [5.41, 5.74) is -1.06. The highest BCUT2D eigenvalue weighted by atomic mass is 35.5. The van der Waals surface area contributed by atoms with Gasteiger partial charge in [-0.05, 0) is 44.6 Å². The molecule has 2 fully saturated rings. The van der Waals surface area contributed by atoms with Gasteiger partial charge in [-0.3, -0.25) is 14.2 Å². The van der Waals surface area contributed by atoms with Crippen molar-refractivity contribution in [2.24, 2.45) is 0 Å². The average Bonchev–Trinajstić information content (AvgIpc) is 2.96. The first-order valence-corrected chi connectivity index (χ1v) is 14.5. The molecule has 0 bridgehead atoms. The van der Waals surface area contributed by atoms with Crippen LogP contribution in [0.25, 0.3) is 22.0 Å². The molecule has 0 radical (unpaired) electrons. The largest absolute Gasteiger partial charge is 0.488 e. The van der Waals surface area contributed by atoms with E-state index in [0.717, 1.165) is 31.6 Å². The summed E-state index contributed by atoms with van der Waals surface area (Å²) in [7, 11) is 0. The van der Waals surface area contributed by atoms with Gasteiger partial charge in [0.05, 0.1) is 22.3 Å². The number of rotatable bonds is 6. The number of aromatic nitrogens is 1. The number of anilines is 1. The third-order valence-electron chi connectivity index (χ3n) is 8.62. The van der Waals surface area contributed by atoms with Crippen molar-refractivity contribution in [2.45, 2.75) is 31.9 Å². The molecule has 43 heavy (non-hydrogen) atoms. The van der Waals surface area contributed by atoms with Gasteiger partial charge in [0.1, 0.15) is 24.1 Å². The van der Waals surface area contributed by atoms with Crippen LogP contribution in [0.15, 0.2) is 41.7 Å². The maximum atomic E-state index is 15.4. The van der Waals surface area contributed by atoms with Gasteiger partial charge in [0.25, 0.3) is 12.0 Å². The number of amides is 1. The van der Waals surface area contributed by atoms with Gasteiger partial charge in [0.15, 0.2) is 5.75 Å². The van der Waals surface area contributed by atoms with Crippen molar-refractivity contribution < 1.29 is 22.7 Å². The van der Waals surface area contributed by atoms with E-state index < -0.39 is 35.0 Å². The van der Waals surface area contributed by atoms with Crippen molar-refractivity contribution in [3.63, 3.8) is 0 Å². The van der Waals surface area contributed by atoms with Crippen LogP contribution >= 0.6 is 11.6 Å². The highest BCUT2D eigenvalue weighted by Gasteiger charge is 2.37. The molecule has 0 spiro atoms. The Bertz CT molecular complexity index is 1750. The number of nitrogens with zero attached hydrogens (tertiary/aromatic N) is 5. The van der Waals surface area contributed by atoms with Gasteiger partial charge in [-0.25, -0.2) is 13.2 Å². The summed E-state index contributed by atoms with van der Waals surface area (Å²) < 4.78 is 51.4. The van der Waals surface area contributed by atoms with Crippen LogP contribution in [-0.4, -0.2) is 72.2 Å². The Kier molecular flexibility index (Phi) is 7.60. The molecular weight excluding hydrogens is 583 g/mol. The van der Waals surface area contributed by atoms with E-state index >= 15 is 4.39 Å². The van der Waals surface area contributed by atoms with E-state index in [1.807, 2.05) is 11.8 Å². The minimum atomic E-state index is -3.00. The Morgan fingerprint density at radius 3 is 2.65 bits per heavy atom. The SMILES string of the molecule is C=CC(=O)N1CCN(c2c(C#N)c(=O)n3c4c(c(-c5c(F)cccc5C(F)F)c(Cl)cc24)OCC3CN2CCC2)[C@@H](C)C1. The molecule has 8 nitrogen and oxygen atoms in total. The summed E-state index contributed by atoms with van der Waals surface area (Å²) in [6.45, 7) is 8.59. The van der Waals surface area contributed by atoms with Crippen molar-refractivity contribution >= 4 is 34.1 Å². The highest BCUT2D eigenvalue weighted by Crippen LogP contribution is 2.50. The molecule has 0 saturated carbocycles. The molecular formula is C31H29ClF3N5O3. The molecule has 3 aliphatic heterocycles. The fraction of sp³-hybridized carbons (Fsp3) is 0.387. The number of piperazine rings is 1. The maximum absolute atomic E-state index is 15.4. The number of hydrogen-bond donors (Lipinski definition) is 0. The normalized spacial score (nSPS) is 20.1. The Balaban J connectivity index is 1.65. The first-order valence-electron chi connectivity index (χ1n) is 14.1. The van der Waals surface area contributed by atoms with Crippen molar-refractivity contribution in [3.8, 4) is 22.9 Å². The smallest absolute Gasteiger partial charge is 0.271 e. The van der Waals surface area contributed by atoms with E-state index in [4.69, 9.17) is 16.3 Å². The van der Waals surface area contributed by atoms with Gasteiger partial charge < -0.3 is 19.4 Å². The van der Waals surface area contributed by atoms with Crippen LogP contribution in [0.1, 0.15) is 36.9 Å². The van der Waals surface area contributed by atoms with Gasteiger partial charge in [-0.1, -0.05) is 30.3 Å². The first-order chi connectivity index (χ1) is 20.7. The second-order valence-corrected chi connectivity index (χ2v) is 11.5. The second-order valence-electron chi connectivity index (χ2n) is 11.1. The molecule has 2 saturated heterocycles. The molecule has 4 heterocycles. The molecule has 224 valence electrons. The zero-order valence-corrected chi connectivity index (χ0v) is 24.2.